The molecule has 2 aliphatic rings. The van der Waals surface area contributed by atoms with Gasteiger partial charge in [0.05, 0.1) is 18.4 Å². The smallest absolute Gasteiger partial charge is 0.277 e. The molecule has 0 saturated heterocycles. The van der Waals surface area contributed by atoms with Gasteiger partial charge in [0.25, 0.3) is 5.91 Å². The van der Waals surface area contributed by atoms with Crippen LogP contribution in [0.2, 0.25) is 0 Å². The van der Waals surface area contributed by atoms with Gasteiger partial charge < -0.3 is 5.32 Å². The normalized spacial score (nSPS) is 17.5. The molecule has 2 aromatic rings. The molecule has 1 aliphatic heterocycles. The molecule has 0 atom stereocenters. The zero-order valence-electron chi connectivity index (χ0n) is 15.0. The number of nitrogens with one attached hydrogen (secondary N) is 2. The zero-order valence-corrected chi connectivity index (χ0v) is 15.8. The lowest BCUT2D eigenvalue weighted by molar-refractivity contribution is -0.123. The Bertz CT molecular complexity index is 819. The van der Waals surface area contributed by atoms with E-state index in [1.807, 2.05) is 0 Å². The van der Waals surface area contributed by atoms with Gasteiger partial charge in [-0.05, 0) is 12.8 Å². The number of carbonyl (C=O) groups excluding carboxylic acids is 2. The predicted molar refractivity (Wildman–Crippen MR) is 101 cm³/mol. The van der Waals surface area contributed by atoms with Crippen molar-refractivity contribution in [3.8, 4) is 0 Å². The number of amides is 2. The van der Waals surface area contributed by atoms with Gasteiger partial charge >= 0.3 is 0 Å². The number of nitrogens with zero attached hydrogens (tertiary/aromatic N) is 4. The molecule has 3 heterocycles. The third-order valence-electron chi connectivity index (χ3n) is 4.91. The Morgan fingerprint density at radius 2 is 2.11 bits per heavy atom. The maximum atomic E-state index is 12.3. The topological polar surface area (TPSA) is 100 Å². The first kappa shape index (κ1) is 18.0. The first-order valence-electron chi connectivity index (χ1n) is 9.25. The molecule has 1 aliphatic carbocycles. The monoisotopic (exact) mass is 386 g/mol. The van der Waals surface area contributed by atoms with E-state index < -0.39 is 0 Å². The van der Waals surface area contributed by atoms with E-state index in [2.05, 4.69) is 30.5 Å². The standard InChI is InChI=1S/C18H22N6O2S/c25-16(21-12-3-1-2-4-12)11-24-8-5-13-15(10-24)27-18(22-13)23-17(26)14-9-19-6-7-20-14/h6-7,9,12H,1-5,8,10-11H2,(H,21,25)(H,22,23,26). The molecule has 2 aromatic heterocycles. The van der Waals surface area contributed by atoms with E-state index in [1.54, 1.807) is 0 Å². The number of carbonyl (C=O) groups is 2. The third kappa shape index (κ3) is 4.48. The van der Waals surface area contributed by atoms with Gasteiger partial charge in [0.15, 0.2) is 5.13 Å². The van der Waals surface area contributed by atoms with Gasteiger partial charge in [-0.2, -0.15) is 0 Å². The second kappa shape index (κ2) is 8.10. The summed E-state index contributed by atoms with van der Waals surface area (Å²) < 4.78 is 0. The Morgan fingerprint density at radius 1 is 1.26 bits per heavy atom. The van der Waals surface area contributed by atoms with E-state index in [1.165, 1.54) is 42.8 Å². The molecule has 142 valence electrons. The lowest BCUT2D eigenvalue weighted by Gasteiger charge is -2.25. The summed E-state index contributed by atoms with van der Waals surface area (Å²) in [5, 5.41) is 6.49. The van der Waals surface area contributed by atoms with Crippen LogP contribution in [0.3, 0.4) is 0 Å². The van der Waals surface area contributed by atoms with E-state index in [-0.39, 0.29) is 17.5 Å². The van der Waals surface area contributed by atoms with Gasteiger partial charge in [0.2, 0.25) is 5.91 Å². The SMILES string of the molecule is O=C(CN1CCc2nc(NC(=O)c3cnccn3)sc2C1)NC1CCCC1. The first-order chi connectivity index (χ1) is 13.2. The molecule has 0 unspecified atom stereocenters. The highest BCUT2D eigenvalue weighted by Gasteiger charge is 2.24. The highest BCUT2D eigenvalue weighted by Crippen LogP contribution is 2.28. The van der Waals surface area contributed by atoms with Gasteiger partial charge in [-0.15, -0.1) is 11.3 Å². The summed E-state index contributed by atoms with van der Waals surface area (Å²) in [6, 6.07) is 0.351. The van der Waals surface area contributed by atoms with Crippen LogP contribution in [-0.4, -0.2) is 50.8 Å². The second-order valence-corrected chi connectivity index (χ2v) is 8.03. The van der Waals surface area contributed by atoms with Crippen molar-refractivity contribution in [3.05, 3.63) is 34.9 Å². The molecular formula is C18H22N6O2S. The Morgan fingerprint density at radius 3 is 2.89 bits per heavy atom. The van der Waals surface area contributed by atoms with Crippen LogP contribution in [0.15, 0.2) is 18.6 Å². The predicted octanol–water partition coefficient (Wildman–Crippen LogP) is 1.60. The van der Waals surface area contributed by atoms with Gasteiger partial charge in [0, 0.05) is 42.8 Å². The lowest BCUT2D eigenvalue weighted by atomic mass is 10.2. The molecule has 1 saturated carbocycles. The molecule has 2 amide bonds. The first-order valence-corrected chi connectivity index (χ1v) is 10.1. The maximum absolute atomic E-state index is 12.3. The van der Waals surface area contributed by atoms with Crippen molar-refractivity contribution >= 4 is 28.3 Å². The fourth-order valence-electron chi connectivity index (χ4n) is 3.56. The van der Waals surface area contributed by atoms with Crippen molar-refractivity contribution in [1.29, 1.82) is 0 Å². The summed E-state index contributed by atoms with van der Waals surface area (Å²) in [4.78, 5) is 40.1. The van der Waals surface area contributed by atoms with E-state index in [0.29, 0.717) is 24.3 Å². The Labute approximate surface area is 161 Å². The Balaban J connectivity index is 1.33. The van der Waals surface area contributed by atoms with Crippen molar-refractivity contribution < 1.29 is 9.59 Å². The number of aromatic nitrogens is 3. The van der Waals surface area contributed by atoms with Crippen LogP contribution in [0.5, 0.6) is 0 Å². The summed E-state index contributed by atoms with van der Waals surface area (Å²) in [6.07, 6.45) is 9.83. The highest BCUT2D eigenvalue weighted by atomic mass is 32.1. The minimum atomic E-state index is -0.318. The molecular weight excluding hydrogens is 364 g/mol. The molecule has 2 N–H and O–H groups in total. The number of hydrogen-bond donors (Lipinski definition) is 2. The van der Waals surface area contributed by atoms with Crippen LogP contribution in [0.4, 0.5) is 5.13 Å². The van der Waals surface area contributed by atoms with Crippen LogP contribution < -0.4 is 10.6 Å². The van der Waals surface area contributed by atoms with Crippen molar-refractivity contribution in [2.45, 2.75) is 44.7 Å². The van der Waals surface area contributed by atoms with Gasteiger partial charge in [-0.1, -0.05) is 12.8 Å². The van der Waals surface area contributed by atoms with Crippen molar-refractivity contribution in [3.63, 3.8) is 0 Å². The molecule has 4 rings (SSSR count). The van der Waals surface area contributed by atoms with Crippen LogP contribution >= 0.6 is 11.3 Å². The highest BCUT2D eigenvalue weighted by molar-refractivity contribution is 7.15. The summed E-state index contributed by atoms with van der Waals surface area (Å²) in [6.45, 7) is 1.90. The van der Waals surface area contributed by atoms with E-state index in [9.17, 15) is 9.59 Å². The summed E-state index contributed by atoms with van der Waals surface area (Å²) in [7, 11) is 0. The molecule has 1 fully saturated rings. The number of anilines is 1. The maximum Gasteiger partial charge on any atom is 0.277 e. The Hall–Kier alpha value is -2.39. The van der Waals surface area contributed by atoms with Crippen molar-refractivity contribution in [1.82, 2.24) is 25.2 Å². The van der Waals surface area contributed by atoms with E-state index in [4.69, 9.17) is 0 Å². The number of thiazole rings is 1. The summed E-state index contributed by atoms with van der Waals surface area (Å²) in [5.41, 5.74) is 1.26. The number of rotatable bonds is 5. The van der Waals surface area contributed by atoms with Crippen LogP contribution in [0.25, 0.3) is 0 Å². The minimum absolute atomic E-state index is 0.103. The fraction of sp³-hybridized carbons (Fsp3) is 0.500. The molecule has 27 heavy (non-hydrogen) atoms. The van der Waals surface area contributed by atoms with Gasteiger partial charge in [-0.25, -0.2) is 9.97 Å². The number of hydrogen-bond acceptors (Lipinski definition) is 7. The minimum Gasteiger partial charge on any atom is -0.352 e. The molecule has 9 heteroatoms. The quantitative estimate of drug-likeness (QED) is 0.810. The molecule has 0 spiro atoms. The largest absolute Gasteiger partial charge is 0.352 e. The zero-order chi connectivity index (χ0) is 18.6. The average Bonchev–Trinajstić information content (AvgIpc) is 3.31. The van der Waals surface area contributed by atoms with E-state index >= 15 is 0 Å². The summed E-state index contributed by atoms with van der Waals surface area (Å²) >= 11 is 1.46. The van der Waals surface area contributed by atoms with Crippen LogP contribution in [0, 0.1) is 0 Å². The van der Waals surface area contributed by atoms with E-state index in [0.717, 1.165) is 36.4 Å². The van der Waals surface area contributed by atoms with Gasteiger partial charge in [-0.3, -0.25) is 24.8 Å². The van der Waals surface area contributed by atoms with Crippen molar-refractivity contribution in [2.24, 2.45) is 0 Å². The fourth-order valence-corrected chi connectivity index (χ4v) is 4.61. The lowest BCUT2D eigenvalue weighted by Crippen LogP contribution is -2.42. The Kier molecular flexibility index (Phi) is 5.40. The van der Waals surface area contributed by atoms with Gasteiger partial charge in [0.1, 0.15) is 5.69 Å². The van der Waals surface area contributed by atoms with Crippen LogP contribution in [0.1, 0.15) is 46.7 Å². The number of fused-ring (bicyclic) bond motifs is 1. The molecule has 0 aromatic carbocycles. The molecule has 8 nitrogen and oxygen atoms in total. The third-order valence-corrected chi connectivity index (χ3v) is 5.91. The average molecular weight is 386 g/mol. The summed E-state index contributed by atoms with van der Waals surface area (Å²) in [5.74, 6) is -0.215. The molecule has 0 bridgehead atoms. The second-order valence-electron chi connectivity index (χ2n) is 6.94. The van der Waals surface area contributed by atoms with Crippen molar-refractivity contribution in [2.75, 3.05) is 18.4 Å². The molecule has 0 radical (unpaired) electrons. The van der Waals surface area contributed by atoms with Crippen LogP contribution in [-0.2, 0) is 17.8 Å².